The van der Waals surface area contributed by atoms with E-state index in [2.05, 4.69) is 24.2 Å². The maximum atomic E-state index is 11.7. The average molecular weight is 228 g/mol. The molecule has 0 aliphatic carbocycles. The number of hydrogen-bond donors (Lipinski definition) is 1. The smallest absolute Gasteiger partial charge is 0.275 e. The van der Waals surface area contributed by atoms with Crippen LogP contribution < -0.4 is 5.32 Å². The molecule has 1 aromatic carbocycles. The number of rotatable bonds is 3. The number of nitrogens with zero attached hydrogens (tertiary/aromatic N) is 1. The molecule has 1 aliphatic heterocycles. The first-order chi connectivity index (χ1) is 8.15. The van der Waals surface area contributed by atoms with Crippen molar-refractivity contribution in [3.8, 4) is 0 Å². The molecule has 1 amide bonds. The van der Waals surface area contributed by atoms with Crippen molar-refractivity contribution in [2.45, 2.75) is 20.3 Å². The monoisotopic (exact) mass is 228 g/mol. The third kappa shape index (κ3) is 3.03. The number of nitrogens with one attached hydrogen (secondary N) is 1. The zero-order valence-corrected chi connectivity index (χ0v) is 10.1. The van der Waals surface area contributed by atoms with Crippen molar-refractivity contribution in [2.24, 2.45) is 10.9 Å². The fourth-order valence-electron chi connectivity index (χ4n) is 1.71. The maximum Gasteiger partial charge on any atom is 0.275 e. The van der Waals surface area contributed by atoms with Crippen molar-refractivity contribution in [1.29, 1.82) is 0 Å². The van der Waals surface area contributed by atoms with Gasteiger partial charge >= 0.3 is 0 Å². The highest BCUT2D eigenvalue weighted by atomic mass is 16.2. The van der Waals surface area contributed by atoms with E-state index < -0.39 is 0 Å². The molecule has 1 heterocycles. The van der Waals surface area contributed by atoms with Gasteiger partial charge in [0.2, 0.25) is 0 Å². The van der Waals surface area contributed by atoms with Crippen LogP contribution in [0.5, 0.6) is 0 Å². The van der Waals surface area contributed by atoms with Gasteiger partial charge in [0.1, 0.15) is 11.5 Å². The fourth-order valence-corrected chi connectivity index (χ4v) is 1.71. The Morgan fingerprint density at radius 2 is 2.00 bits per heavy atom. The van der Waals surface area contributed by atoms with E-state index in [1.54, 1.807) is 0 Å². The highest BCUT2D eigenvalue weighted by Crippen LogP contribution is 2.14. The topological polar surface area (TPSA) is 41.5 Å². The van der Waals surface area contributed by atoms with Crippen LogP contribution in [-0.4, -0.2) is 11.7 Å². The highest BCUT2D eigenvalue weighted by Gasteiger charge is 2.19. The number of aliphatic imine (C=N–C) groups is 1. The van der Waals surface area contributed by atoms with E-state index in [9.17, 15) is 4.79 Å². The molecule has 88 valence electrons. The quantitative estimate of drug-likeness (QED) is 0.794. The van der Waals surface area contributed by atoms with Crippen molar-refractivity contribution >= 4 is 17.8 Å². The molecule has 1 N–H and O–H groups in total. The Morgan fingerprint density at radius 1 is 1.29 bits per heavy atom. The molecule has 17 heavy (non-hydrogen) atoms. The summed E-state index contributed by atoms with van der Waals surface area (Å²) >= 11 is 0. The van der Waals surface area contributed by atoms with E-state index in [4.69, 9.17) is 0 Å². The van der Waals surface area contributed by atoms with Crippen LogP contribution in [0.2, 0.25) is 0 Å². The van der Waals surface area contributed by atoms with Crippen LogP contribution in [0.15, 0.2) is 41.0 Å². The van der Waals surface area contributed by atoms with Gasteiger partial charge in [0.15, 0.2) is 0 Å². The third-order valence-electron chi connectivity index (χ3n) is 2.45. The summed E-state index contributed by atoms with van der Waals surface area (Å²) in [7, 11) is 0. The molecule has 0 aromatic heterocycles. The van der Waals surface area contributed by atoms with E-state index in [0.29, 0.717) is 11.6 Å². The van der Waals surface area contributed by atoms with E-state index in [1.165, 1.54) is 0 Å². The second-order valence-electron chi connectivity index (χ2n) is 4.55. The first-order valence-electron chi connectivity index (χ1n) is 5.81. The van der Waals surface area contributed by atoms with E-state index >= 15 is 0 Å². The summed E-state index contributed by atoms with van der Waals surface area (Å²) < 4.78 is 0. The van der Waals surface area contributed by atoms with Crippen LogP contribution in [0.3, 0.4) is 0 Å². The van der Waals surface area contributed by atoms with Crippen LogP contribution >= 0.6 is 0 Å². The zero-order chi connectivity index (χ0) is 12.3. The van der Waals surface area contributed by atoms with E-state index in [0.717, 1.165) is 17.8 Å². The molecule has 1 aromatic rings. The molecule has 0 saturated carbocycles. The normalized spacial score (nSPS) is 17.5. The van der Waals surface area contributed by atoms with Gasteiger partial charge < -0.3 is 5.32 Å². The molecule has 0 unspecified atom stereocenters. The van der Waals surface area contributed by atoms with Crippen molar-refractivity contribution < 1.29 is 4.79 Å². The van der Waals surface area contributed by atoms with Gasteiger partial charge in [0, 0.05) is 6.42 Å². The summed E-state index contributed by atoms with van der Waals surface area (Å²) in [6.45, 7) is 4.21. The van der Waals surface area contributed by atoms with E-state index in [-0.39, 0.29) is 5.91 Å². The van der Waals surface area contributed by atoms with Gasteiger partial charge in [0.05, 0.1) is 0 Å². The van der Waals surface area contributed by atoms with Crippen LogP contribution in [-0.2, 0) is 4.79 Å². The van der Waals surface area contributed by atoms with Crippen molar-refractivity contribution in [3.05, 3.63) is 41.6 Å². The van der Waals surface area contributed by atoms with Crippen molar-refractivity contribution in [2.75, 3.05) is 0 Å². The second-order valence-corrected chi connectivity index (χ2v) is 4.55. The van der Waals surface area contributed by atoms with Gasteiger partial charge in [-0.3, -0.25) is 4.79 Å². The zero-order valence-electron chi connectivity index (χ0n) is 10.1. The van der Waals surface area contributed by atoms with Gasteiger partial charge in [-0.2, -0.15) is 0 Å². The molecule has 1 aliphatic rings. The number of amides is 1. The first kappa shape index (κ1) is 11.6. The lowest BCUT2D eigenvalue weighted by Crippen LogP contribution is -2.24. The molecular weight excluding hydrogens is 212 g/mol. The predicted octanol–water partition coefficient (Wildman–Crippen LogP) is 2.60. The Bertz CT molecular complexity index is 472. The Balaban J connectivity index is 2.19. The van der Waals surface area contributed by atoms with E-state index in [1.807, 2.05) is 36.4 Å². The summed E-state index contributed by atoms with van der Waals surface area (Å²) in [5.74, 6) is 1.15. The van der Waals surface area contributed by atoms with Gasteiger partial charge in [-0.25, -0.2) is 4.99 Å². The minimum Gasteiger partial charge on any atom is -0.309 e. The maximum absolute atomic E-state index is 11.7. The summed E-state index contributed by atoms with van der Waals surface area (Å²) in [6, 6.07) is 9.74. The lowest BCUT2D eigenvalue weighted by Gasteiger charge is -2.02. The van der Waals surface area contributed by atoms with Gasteiger partial charge in [-0.05, 0) is 17.6 Å². The molecule has 3 heteroatoms. The minimum absolute atomic E-state index is 0.107. The molecule has 0 fully saturated rings. The average Bonchev–Trinajstić information content (AvgIpc) is 2.59. The van der Waals surface area contributed by atoms with Gasteiger partial charge in [-0.1, -0.05) is 44.2 Å². The van der Waals surface area contributed by atoms with Crippen molar-refractivity contribution in [1.82, 2.24) is 5.32 Å². The molecule has 0 atom stereocenters. The largest absolute Gasteiger partial charge is 0.309 e. The molecule has 0 radical (unpaired) electrons. The van der Waals surface area contributed by atoms with Crippen LogP contribution in [0.4, 0.5) is 0 Å². The molecule has 3 nitrogen and oxygen atoms in total. The standard InChI is InChI=1S/C14H16N2O/c1-10(2)8-13-15-12(14(17)16-13)9-11-6-4-3-5-7-11/h3-7,9-10H,8H2,1-2H3,(H,15,16,17)/b12-9+. The Hall–Kier alpha value is -1.90. The Morgan fingerprint density at radius 3 is 2.65 bits per heavy atom. The molecule has 0 saturated heterocycles. The first-order valence-corrected chi connectivity index (χ1v) is 5.81. The highest BCUT2D eigenvalue weighted by molar-refractivity contribution is 6.14. The molecule has 0 bridgehead atoms. The third-order valence-corrected chi connectivity index (χ3v) is 2.45. The molecular formula is C14H16N2O. The summed E-state index contributed by atoms with van der Waals surface area (Å²) in [5, 5.41) is 2.80. The summed E-state index contributed by atoms with van der Waals surface area (Å²) in [6.07, 6.45) is 2.61. The number of carbonyl (C=O) groups is 1. The lowest BCUT2D eigenvalue weighted by atomic mass is 10.1. The van der Waals surface area contributed by atoms with Gasteiger partial charge in [0.25, 0.3) is 5.91 Å². The molecule has 0 spiro atoms. The molecule has 2 rings (SSSR count). The summed E-state index contributed by atoms with van der Waals surface area (Å²) in [4.78, 5) is 16.0. The number of hydrogen-bond acceptors (Lipinski definition) is 2. The second kappa shape index (κ2) is 4.95. The van der Waals surface area contributed by atoms with Crippen LogP contribution in [0.25, 0.3) is 6.08 Å². The van der Waals surface area contributed by atoms with Crippen LogP contribution in [0, 0.1) is 5.92 Å². The van der Waals surface area contributed by atoms with Crippen molar-refractivity contribution in [3.63, 3.8) is 0 Å². The predicted molar refractivity (Wildman–Crippen MR) is 69.5 cm³/mol. The fraction of sp³-hybridized carbons (Fsp3) is 0.286. The number of carbonyl (C=O) groups excluding carboxylic acids is 1. The Labute approximate surface area is 101 Å². The van der Waals surface area contributed by atoms with Gasteiger partial charge in [-0.15, -0.1) is 0 Å². The van der Waals surface area contributed by atoms with Crippen LogP contribution in [0.1, 0.15) is 25.8 Å². The summed E-state index contributed by atoms with van der Waals surface area (Å²) in [5.41, 5.74) is 1.49. The number of benzene rings is 1. The minimum atomic E-state index is -0.107. The SMILES string of the molecule is CC(C)CC1=N/C(=C/c2ccccc2)C(=O)N1. The number of amidine groups is 1. The lowest BCUT2D eigenvalue weighted by molar-refractivity contribution is -0.115. The Kier molecular flexibility index (Phi) is 3.38.